The Morgan fingerprint density at radius 2 is 2.24 bits per heavy atom. The SMILES string of the molecule is CC(C)(C)c1nc(C(Cl)C(=O)NC2CC2)cs1. The van der Waals surface area contributed by atoms with Crippen molar-refractivity contribution in [2.24, 2.45) is 0 Å². The maximum atomic E-state index is 11.8. The highest BCUT2D eigenvalue weighted by molar-refractivity contribution is 7.09. The van der Waals surface area contributed by atoms with Gasteiger partial charge in [-0.2, -0.15) is 0 Å². The predicted molar refractivity (Wildman–Crippen MR) is 70.6 cm³/mol. The predicted octanol–water partition coefficient (Wildman–Crippen LogP) is 3.00. The minimum absolute atomic E-state index is 0.00644. The molecule has 0 spiro atoms. The largest absolute Gasteiger partial charge is 0.352 e. The molecule has 1 aromatic heterocycles. The van der Waals surface area contributed by atoms with Crippen molar-refractivity contribution in [1.82, 2.24) is 10.3 Å². The van der Waals surface area contributed by atoms with E-state index in [2.05, 4.69) is 31.1 Å². The second-order valence-corrected chi connectivity index (χ2v) is 6.77. The van der Waals surface area contributed by atoms with Crippen molar-refractivity contribution in [3.63, 3.8) is 0 Å². The van der Waals surface area contributed by atoms with Gasteiger partial charge in [0.05, 0.1) is 10.7 Å². The van der Waals surface area contributed by atoms with Crippen LogP contribution in [0.2, 0.25) is 0 Å². The molecule has 1 unspecified atom stereocenters. The van der Waals surface area contributed by atoms with Crippen LogP contribution >= 0.6 is 22.9 Å². The highest BCUT2D eigenvalue weighted by Gasteiger charge is 2.29. The summed E-state index contributed by atoms with van der Waals surface area (Å²) >= 11 is 7.69. The van der Waals surface area contributed by atoms with Crippen molar-refractivity contribution < 1.29 is 4.79 Å². The Morgan fingerprint density at radius 3 is 2.71 bits per heavy atom. The van der Waals surface area contributed by atoms with Crippen LogP contribution < -0.4 is 5.32 Å². The Hall–Kier alpha value is -0.610. The van der Waals surface area contributed by atoms with Crippen LogP contribution in [0.25, 0.3) is 0 Å². The van der Waals surface area contributed by atoms with E-state index in [1.807, 2.05) is 5.38 Å². The van der Waals surface area contributed by atoms with Gasteiger partial charge >= 0.3 is 0 Å². The number of carbonyl (C=O) groups is 1. The first kappa shape index (κ1) is 12.8. The molecule has 1 atom stereocenters. The van der Waals surface area contributed by atoms with Gasteiger partial charge in [-0.3, -0.25) is 4.79 Å². The van der Waals surface area contributed by atoms with E-state index in [9.17, 15) is 4.79 Å². The smallest absolute Gasteiger partial charge is 0.244 e. The van der Waals surface area contributed by atoms with Gasteiger partial charge in [-0.05, 0) is 12.8 Å². The van der Waals surface area contributed by atoms with Crippen molar-refractivity contribution in [2.45, 2.75) is 50.4 Å². The van der Waals surface area contributed by atoms with E-state index in [0.717, 1.165) is 17.8 Å². The zero-order valence-electron chi connectivity index (χ0n) is 10.3. The number of amides is 1. The monoisotopic (exact) mass is 272 g/mol. The fraction of sp³-hybridized carbons (Fsp3) is 0.667. The highest BCUT2D eigenvalue weighted by atomic mass is 35.5. The molecule has 17 heavy (non-hydrogen) atoms. The topological polar surface area (TPSA) is 42.0 Å². The molecule has 1 aromatic rings. The third kappa shape index (κ3) is 3.19. The van der Waals surface area contributed by atoms with Crippen LogP contribution in [0.4, 0.5) is 0 Å². The number of rotatable bonds is 3. The fourth-order valence-electron chi connectivity index (χ4n) is 1.38. The van der Waals surface area contributed by atoms with Crippen LogP contribution in [0.1, 0.15) is 49.7 Å². The van der Waals surface area contributed by atoms with E-state index in [-0.39, 0.29) is 11.3 Å². The average molecular weight is 273 g/mol. The normalized spacial score (nSPS) is 17.9. The molecule has 0 radical (unpaired) electrons. The van der Waals surface area contributed by atoms with Crippen LogP contribution in [0.15, 0.2) is 5.38 Å². The Bertz CT molecular complexity index is 420. The van der Waals surface area contributed by atoms with Gasteiger partial charge in [-0.25, -0.2) is 4.98 Å². The Morgan fingerprint density at radius 1 is 1.59 bits per heavy atom. The lowest BCUT2D eigenvalue weighted by Crippen LogP contribution is -2.29. The number of aromatic nitrogens is 1. The molecule has 0 aromatic carbocycles. The van der Waals surface area contributed by atoms with Crippen LogP contribution in [-0.4, -0.2) is 16.9 Å². The summed E-state index contributed by atoms with van der Waals surface area (Å²) < 4.78 is 0. The molecular weight excluding hydrogens is 256 g/mol. The molecule has 5 heteroatoms. The fourth-order valence-corrected chi connectivity index (χ4v) is 2.57. The zero-order chi connectivity index (χ0) is 12.6. The van der Waals surface area contributed by atoms with Gasteiger partial charge in [0.1, 0.15) is 0 Å². The molecule has 1 aliphatic carbocycles. The second kappa shape index (κ2) is 4.58. The first-order valence-corrected chi connectivity index (χ1v) is 7.10. The molecule has 1 fully saturated rings. The Balaban J connectivity index is 2.05. The summed E-state index contributed by atoms with van der Waals surface area (Å²) in [6.45, 7) is 6.30. The molecule has 1 amide bonds. The lowest BCUT2D eigenvalue weighted by Gasteiger charge is -2.14. The summed E-state index contributed by atoms with van der Waals surface area (Å²) in [6, 6.07) is 0.337. The quantitative estimate of drug-likeness (QED) is 0.860. The molecule has 0 bridgehead atoms. The van der Waals surface area contributed by atoms with E-state index in [0.29, 0.717) is 11.7 Å². The van der Waals surface area contributed by atoms with Crippen LogP contribution in [0.3, 0.4) is 0 Å². The number of halogens is 1. The molecule has 1 heterocycles. The minimum Gasteiger partial charge on any atom is -0.352 e. The second-order valence-electron chi connectivity index (χ2n) is 5.47. The van der Waals surface area contributed by atoms with Gasteiger partial charge < -0.3 is 5.32 Å². The van der Waals surface area contributed by atoms with E-state index in [4.69, 9.17) is 11.6 Å². The van der Waals surface area contributed by atoms with Crippen molar-refractivity contribution >= 4 is 28.8 Å². The number of hydrogen-bond acceptors (Lipinski definition) is 3. The Labute approximate surface area is 111 Å². The first-order valence-electron chi connectivity index (χ1n) is 5.78. The van der Waals surface area contributed by atoms with Crippen molar-refractivity contribution in [1.29, 1.82) is 0 Å². The van der Waals surface area contributed by atoms with Crippen molar-refractivity contribution in [3.05, 3.63) is 16.1 Å². The summed E-state index contributed by atoms with van der Waals surface area (Å²) in [5, 5.41) is 5.12. The highest BCUT2D eigenvalue weighted by Crippen LogP contribution is 2.30. The van der Waals surface area contributed by atoms with Crippen LogP contribution in [0.5, 0.6) is 0 Å². The molecule has 0 saturated heterocycles. The Kier molecular flexibility index (Phi) is 3.46. The number of alkyl halides is 1. The van der Waals surface area contributed by atoms with E-state index >= 15 is 0 Å². The number of thiazole rings is 1. The van der Waals surface area contributed by atoms with Gasteiger partial charge in [0.25, 0.3) is 0 Å². The van der Waals surface area contributed by atoms with Gasteiger partial charge in [0, 0.05) is 16.8 Å². The van der Waals surface area contributed by atoms with Crippen LogP contribution in [0, 0.1) is 0 Å². The van der Waals surface area contributed by atoms with Crippen molar-refractivity contribution in [3.8, 4) is 0 Å². The molecule has 1 aliphatic rings. The van der Waals surface area contributed by atoms with Crippen molar-refractivity contribution in [2.75, 3.05) is 0 Å². The lowest BCUT2D eigenvalue weighted by molar-refractivity contribution is -0.121. The number of hydrogen-bond donors (Lipinski definition) is 1. The van der Waals surface area contributed by atoms with Gasteiger partial charge in [-0.15, -0.1) is 22.9 Å². The molecule has 94 valence electrons. The first-order chi connectivity index (χ1) is 7.88. The van der Waals surface area contributed by atoms with Gasteiger partial charge in [0.15, 0.2) is 5.38 Å². The molecule has 3 nitrogen and oxygen atoms in total. The van der Waals surface area contributed by atoms with Gasteiger partial charge in [-0.1, -0.05) is 20.8 Å². The van der Waals surface area contributed by atoms with Crippen LogP contribution in [-0.2, 0) is 10.2 Å². The number of nitrogens with zero attached hydrogens (tertiary/aromatic N) is 1. The lowest BCUT2D eigenvalue weighted by atomic mass is 9.98. The molecule has 0 aliphatic heterocycles. The molecule has 1 saturated carbocycles. The van der Waals surface area contributed by atoms with E-state index in [1.54, 1.807) is 11.3 Å². The minimum atomic E-state index is -0.664. The zero-order valence-corrected chi connectivity index (χ0v) is 11.9. The maximum absolute atomic E-state index is 11.8. The summed E-state index contributed by atoms with van der Waals surface area (Å²) in [5.41, 5.74) is 0.673. The summed E-state index contributed by atoms with van der Waals surface area (Å²) in [6.07, 6.45) is 2.14. The molecular formula is C12H17ClN2OS. The summed E-state index contributed by atoms with van der Waals surface area (Å²) in [7, 11) is 0. The third-order valence-electron chi connectivity index (χ3n) is 2.58. The third-order valence-corrected chi connectivity index (χ3v) is 4.29. The average Bonchev–Trinajstić information content (AvgIpc) is 2.89. The molecule has 1 N–H and O–H groups in total. The van der Waals surface area contributed by atoms with E-state index < -0.39 is 5.38 Å². The number of carbonyl (C=O) groups excluding carboxylic acids is 1. The van der Waals surface area contributed by atoms with Gasteiger partial charge in [0.2, 0.25) is 5.91 Å². The molecule has 2 rings (SSSR count). The summed E-state index contributed by atoms with van der Waals surface area (Å²) in [4.78, 5) is 16.2. The van der Waals surface area contributed by atoms with E-state index in [1.165, 1.54) is 0 Å². The standard InChI is InChI=1S/C12H17ClN2OS/c1-12(2,3)11-15-8(6-17-11)9(13)10(16)14-7-4-5-7/h6-7,9H,4-5H2,1-3H3,(H,14,16). The maximum Gasteiger partial charge on any atom is 0.244 e. The summed E-state index contributed by atoms with van der Waals surface area (Å²) in [5.74, 6) is -0.125. The number of nitrogens with one attached hydrogen (secondary N) is 1.